The summed E-state index contributed by atoms with van der Waals surface area (Å²) in [6.07, 6.45) is 0.684. The molecular formula is C10H21N3O3. The second kappa shape index (κ2) is 10.4. The van der Waals surface area contributed by atoms with Gasteiger partial charge in [-0.15, -0.1) is 0 Å². The Bertz CT molecular complexity index is 209. The van der Waals surface area contributed by atoms with Crippen molar-refractivity contribution in [2.24, 2.45) is 5.73 Å². The van der Waals surface area contributed by atoms with Gasteiger partial charge in [-0.3, -0.25) is 9.59 Å². The molecule has 0 rings (SSSR count). The Morgan fingerprint density at radius 1 is 1.25 bits per heavy atom. The molecule has 0 heterocycles. The van der Waals surface area contributed by atoms with Crippen LogP contribution in [0.3, 0.4) is 0 Å². The molecule has 0 aromatic carbocycles. The van der Waals surface area contributed by atoms with Gasteiger partial charge in [-0.05, 0) is 19.5 Å². The van der Waals surface area contributed by atoms with Crippen LogP contribution >= 0.6 is 0 Å². The molecule has 94 valence electrons. The summed E-state index contributed by atoms with van der Waals surface area (Å²) in [5.41, 5.74) is 4.85. The lowest BCUT2D eigenvalue weighted by molar-refractivity contribution is -0.127. The van der Waals surface area contributed by atoms with E-state index in [9.17, 15) is 9.59 Å². The summed E-state index contributed by atoms with van der Waals surface area (Å²) >= 11 is 0. The van der Waals surface area contributed by atoms with Gasteiger partial charge in [-0.1, -0.05) is 6.92 Å². The van der Waals surface area contributed by atoms with Crippen molar-refractivity contribution in [1.29, 1.82) is 0 Å². The van der Waals surface area contributed by atoms with Crippen LogP contribution in [0.25, 0.3) is 0 Å². The van der Waals surface area contributed by atoms with Gasteiger partial charge in [0.2, 0.25) is 11.8 Å². The van der Waals surface area contributed by atoms with Crippen LogP contribution in [0.1, 0.15) is 19.8 Å². The molecule has 0 fully saturated rings. The summed E-state index contributed by atoms with van der Waals surface area (Å²) in [5.74, 6) is -0.979. The fourth-order valence-electron chi connectivity index (χ4n) is 1.06. The lowest BCUT2D eigenvalue weighted by Crippen LogP contribution is -2.31. The summed E-state index contributed by atoms with van der Waals surface area (Å²) < 4.78 is 5.26. The Hall–Kier alpha value is -1.14. The fraction of sp³-hybridized carbons (Fsp3) is 0.800. The Balaban J connectivity index is 3.14. The highest BCUT2D eigenvalue weighted by molar-refractivity contribution is 5.95. The highest BCUT2D eigenvalue weighted by Gasteiger charge is 2.03. The maximum Gasteiger partial charge on any atom is 0.229 e. The van der Waals surface area contributed by atoms with Gasteiger partial charge in [-0.2, -0.15) is 0 Å². The molecule has 0 aromatic heterocycles. The number of primary amides is 1. The lowest BCUT2D eigenvalue weighted by atomic mass is 10.4. The van der Waals surface area contributed by atoms with E-state index in [1.807, 2.05) is 0 Å². The topological polar surface area (TPSA) is 93.4 Å². The van der Waals surface area contributed by atoms with E-state index >= 15 is 0 Å². The minimum Gasteiger partial charge on any atom is -0.380 e. The van der Waals surface area contributed by atoms with Gasteiger partial charge in [0.25, 0.3) is 0 Å². The van der Waals surface area contributed by atoms with Gasteiger partial charge < -0.3 is 21.1 Å². The Kier molecular flexibility index (Phi) is 9.64. The highest BCUT2D eigenvalue weighted by Crippen LogP contribution is 1.81. The van der Waals surface area contributed by atoms with Gasteiger partial charge in [0.15, 0.2) is 0 Å². The lowest BCUT2D eigenvalue weighted by Gasteiger charge is -2.05. The second-order valence-electron chi connectivity index (χ2n) is 3.31. The van der Waals surface area contributed by atoms with Crippen molar-refractivity contribution in [1.82, 2.24) is 10.6 Å². The van der Waals surface area contributed by atoms with Gasteiger partial charge in [-0.25, -0.2) is 0 Å². The molecule has 0 aliphatic heterocycles. The van der Waals surface area contributed by atoms with Gasteiger partial charge in [0, 0.05) is 13.2 Å². The number of amides is 2. The first-order valence-electron chi connectivity index (χ1n) is 5.50. The number of hydrogen-bond acceptors (Lipinski definition) is 4. The molecule has 0 bridgehead atoms. The van der Waals surface area contributed by atoms with Crippen LogP contribution in [0.2, 0.25) is 0 Å². The van der Waals surface area contributed by atoms with Gasteiger partial charge in [0.1, 0.15) is 6.42 Å². The van der Waals surface area contributed by atoms with Crippen molar-refractivity contribution in [2.45, 2.75) is 19.8 Å². The molecule has 6 heteroatoms. The van der Waals surface area contributed by atoms with Crippen molar-refractivity contribution < 1.29 is 14.3 Å². The largest absolute Gasteiger partial charge is 0.380 e. The molecule has 0 radical (unpaired) electrons. The molecule has 0 aromatic rings. The molecule has 0 atom stereocenters. The van der Waals surface area contributed by atoms with E-state index in [2.05, 4.69) is 17.6 Å². The zero-order valence-electron chi connectivity index (χ0n) is 9.75. The Morgan fingerprint density at radius 2 is 2.00 bits per heavy atom. The monoisotopic (exact) mass is 231 g/mol. The van der Waals surface area contributed by atoms with Crippen LogP contribution in [0.5, 0.6) is 0 Å². The van der Waals surface area contributed by atoms with Crippen LogP contribution in [0, 0.1) is 0 Å². The van der Waals surface area contributed by atoms with Crippen molar-refractivity contribution in [2.75, 3.05) is 32.8 Å². The molecule has 0 aliphatic rings. The molecular weight excluding hydrogens is 210 g/mol. The van der Waals surface area contributed by atoms with E-state index in [0.717, 1.165) is 19.5 Å². The van der Waals surface area contributed by atoms with Gasteiger partial charge >= 0.3 is 0 Å². The average Bonchev–Trinajstić information content (AvgIpc) is 2.21. The molecule has 0 saturated heterocycles. The fourth-order valence-corrected chi connectivity index (χ4v) is 1.06. The molecule has 16 heavy (non-hydrogen) atoms. The highest BCUT2D eigenvalue weighted by atomic mass is 16.5. The summed E-state index contributed by atoms with van der Waals surface area (Å²) in [4.78, 5) is 21.3. The minimum absolute atomic E-state index is 0.263. The zero-order chi connectivity index (χ0) is 12.2. The van der Waals surface area contributed by atoms with Crippen LogP contribution in [0.15, 0.2) is 0 Å². The molecule has 0 spiro atoms. The van der Waals surface area contributed by atoms with Crippen molar-refractivity contribution in [3.05, 3.63) is 0 Å². The molecule has 4 N–H and O–H groups in total. The molecule has 0 aliphatic carbocycles. The maximum atomic E-state index is 11.0. The summed E-state index contributed by atoms with van der Waals surface area (Å²) in [6, 6.07) is 0. The Morgan fingerprint density at radius 3 is 2.62 bits per heavy atom. The van der Waals surface area contributed by atoms with E-state index in [-0.39, 0.29) is 12.3 Å². The minimum atomic E-state index is -0.621. The average molecular weight is 231 g/mol. The Labute approximate surface area is 95.9 Å². The van der Waals surface area contributed by atoms with Crippen molar-refractivity contribution >= 4 is 11.8 Å². The van der Waals surface area contributed by atoms with E-state index in [0.29, 0.717) is 19.8 Å². The second-order valence-corrected chi connectivity index (χ2v) is 3.31. The first-order chi connectivity index (χ1) is 7.66. The standard InChI is InChI=1S/C10H21N3O3/c1-2-12-4-3-6-16-7-5-13-10(15)8-9(11)14/h12H,2-8H2,1H3,(H2,11,14)(H,13,15). The quantitative estimate of drug-likeness (QED) is 0.332. The maximum absolute atomic E-state index is 11.0. The summed E-state index contributed by atoms with van der Waals surface area (Å²) in [6.45, 7) is 5.48. The number of carbonyl (C=O) groups excluding carboxylic acids is 2. The number of ether oxygens (including phenoxy) is 1. The first kappa shape index (κ1) is 14.9. The smallest absolute Gasteiger partial charge is 0.229 e. The van der Waals surface area contributed by atoms with Crippen LogP contribution in [-0.4, -0.2) is 44.7 Å². The number of nitrogens with two attached hydrogens (primary N) is 1. The van der Waals surface area contributed by atoms with E-state index < -0.39 is 5.91 Å². The molecule has 0 unspecified atom stereocenters. The first-order valence-corrected chi connectivity index (χ1v) is 5.50. The predicted octanol–water partition coefficient (Wildman–Crippen LogP) is -1.01. The number of carbonyl (C=O) groups is 2. The van der Waals surface area contributed by atoms with E-state index in [1.54, 1.807) is 0 Å². The summed E-state index contributed by atoms with van der Waals surface area (Å²) in [7, 11) is 0. The van der Waals surface area contributed by atoms with Crippen LogP contribution < -0.4 is 16.4 Å². The van der Waals surface area contributed by atoms with Gasteiger partial charge in [0.05, 0.1) is 6.61 Å². The van der Waals surface area contributed by atoms with E-state index in [1.165, 1.54) is 0 Å². The number of hydrogen-bond donors (Lipinski definition) is 3. The molecule has 6 nitrogen and oxygen atoms in total. The third-order valence-electron chi connectivity index (χ3n) is 1.80. The summed E-state index contributed by atoms with van der Waals surface area (Å²) in [5, 5.41) is 5.71. The van der Waals surface area contributed by atoms with Crippen molar-refractivity contribution in [3.8, 4) is 0 Å². The van der Waals surface area contributed by atoms with E-state index in [4.69, 9.17) is 10.5 Å². The molecule has 0 saturated carbocycles. The SMILES string of the molecule is CCNCCCOCCNC(=O)CC(N)=O. The number of rotatable bonds is 10. The predicted molar refractivity (Wildman–Crippen MR) is 60.8 cm³/mol. The normalized spacial score (nSPS) is 10.1. The third kappa shape index (κ3) is 10.9. The van der Waals surface area contributed by atoms with Crippen molar-refractivity contribution in [3.63, 3.8) is 0 Å². The van der Waals surface area contributed by atoms with Crippen LogP contribution in [0.4, 0.5) is 0 Å². The number of nitrogens with one attached hydrogen (secondary N) is 2. The third-order valence-corrected chi connectivity index (χ3v) is 1.80. The van der Waals surface area contributed by atoms with Crippen LogP contribution in [-0.2, 0) is 14.3 Å². The zero-order valence-corrected chi connectivity index (χ0v) is 9.75. The molecule has 2 amide bonds.